The topological polar surface area (TPSA) is 28.9 Å². The number of ether oxygens (including phenoxy) is 1. The summed E-state index contributed by atoms with van der Waals surface area (Å²) < 4.78 is 11.7. The van der Waals surface area contributed by atoms with Crippen LogP contribution in [0.5, 0.6) is 5.75 Å². The Morgan fingerprint density at radius 2 is 1.76 bits per heavy atom. The van der Waals surface area contributed by atoms with Crippen LogP contribution in [-0.4, -0.2) is 50.1 Å². The summed E-state index contributed by atoms with van der Waals surface area (Å²) in [6.07, 6.45) is 0. The Balaban J connectivity index is 1.77. The molecule has 0 aliphatic carbocycles. The van der Waals surface area contributed by atoms with E-state index in [0.717, 1.165) is 60.8 Å². The van der Waals surface area contributed by atoms with E-state index in [1.165, 1.54) is 5.56 Å². The van der Waals surface area contributed by atoms with Gasteiger partial charge in [-0.15, -0.1) is 0 Å². The van der Waals surface area contributed by atoms with Crippen LogP contribution in [0.2, 0.25) is 0 Å². The minimum absolute atomic E-state index is 0.868. The highest BCUT2D eigenvalue weighted by Gasteiger charge is 2.21. The molecule has 1 fully saturated rings. The number of fused-ring (bicyclic) bond motifs is 1. The Kier molecular flexibility index (Phi) is 4.47. The second-order valence-corrected chi connectivity index (χ2v) is 6.72. The highest BCUT2D eigenvalue weighted by molar-refractivity contribution is 5.89. The van der Waals surface area contributed by atoms with Crippen LogP contribution in [0, 0.1) is 0 Å². The molecule has 0 amide bonds. The fourth-order valence-electron chi connectivity index (χ4n) is 3.46. The second-order valence-electron chi connectivity index (χ2n) is 6.72. The molecule has 4 nitrogen and oxygen atoms in total. The van der Waals surface area contributed by atoms with Crippen LogP contribution in [0.3, 0.4) is 0 Å². The molecule has 25 heavy (non-hydrogen) atoms. The molecule has 1 saturated heterocycles. The Morgan fingerprint density at radius 3 is 2.48 bits per heavy atom. The molecule has 0 bridgehead atoms. The molecular formula is C21H24N2O2. The molecule has 2 aromatic carbocycles. The van der Waals surface area contributed by atoms with E-state index in [1.54, 1.807) is 7.11 Å². The summed E-state index contributed by atoms with van der Waals surface area (Å²) in [4.78, 5) is 4.89. The van der Waals surface area contributed by atoms with Gasteiger partial charge in [0, 0.05) is 49.2 Å². The van der Waals surface area contributed by atoms with Crippen molar-refractivity contribution in [3.05, 3.63) is 54.1 Å². The summed E-state index contributed by atoms with van der Waals surface area (Å²) in [5.74, 6) is 1.84. The quantitative estimate of drug-likeness (QED) is 0.723. The predicted octanol–water partition coefficient (Wildman–Crippen LogP) is 3.86. The van der Waals surface area contributed by atoms with E-state index < -0.39 is 0 Å². The van der Waals surface area contributed by atoms with Crippen LogP contribution in [0.15, 0.2) is 52.9 Å². The number of nitrogens with zero attached hydrogens (tertiary/aromatic N) is 2. The maximum atomic E-state index is 6.25. The predicted molar refractivity (Wildman–Crippen MR) is 101 cm³/mol. The van der Waals surface area contributed by atoms with Gasteiger partial charge in [-0.3, -0.25) is 4.90 Å². The van der Waals surface area contributed by atoms with Crippen molar-refractivity contribution in [2.75, 3.05) is 40.3 Å². The van der Waals surface area contributed by atoms with E-state index in [1.807, 2.05) is 18.2 Å². The minimum atomic E-state index is 0.868. The fraction of sp³-hybridized carbons (Fsp3) is 0.333. The van der Waals surface area contributed by atoms with Crippen molar-refractivity contribution >= 4 is 11.0 Å². The number of furan rings is 1. The van der Waals surface area contributed by atoms with Gasteiger partial charge in [0.2, 0.25) is 0 Å². The highest BCUT2D eigenvalue weighted by Crippen LogP contribution is 2.36. The van der Waals surface area contributed by atoms with Gasteiger partial charge in [-0.25, -0.2) is 0 Å². The number of rotatable bonds is 4. The zero-order valence-electron chi connectivity index (χ0n) is 14.9. The van der Waals surface area contributed by atoms with Crippen LogP contribution in [-0.2, 0) is 6.54 Å². The maximum absolute atomic E-state index is 6.25. The number of piperazine rings is 1. The van der Waals surface area contributed by atoms with Crippen LogP contribution < -0.4 is 4.74 Å². The van der Waals surface area contributed by atoms with Crippen LogP contribution in [0.4, 0.5) is 0 Å². The summed E-state index contributed by atoms with van der Waals surface area (Å²) in [6.45, 7) is 5.29. The van der Waals surface area contributed by atoms with E-state index in [9.17, 15) is 0 Å². The van der Waals surface area contributed by atoms with Crippen LogP contribution >= 0.6 is 0 Å². The average Bonchev–Trinajstić information content (AvgIpc) is 3.02. The lowest BCUT2D eigenvalue weighted by Crippen LogP contribution is -2.43. The summed E-state index contributed by atoms with van der Waals surface area (Å²) >= 11 is 0. The molecule has 0 unspecified atom stereocenters. The first-order valence-electron chi connectivity index (χ1n) is 8.80. The van der Waals surface area contributed by atoms with Crippen molar-refractivity contribution in [3.8, 4) is 17.1 Å². The summed E-state index contributed by atoms with van der Waals surface area (Å²) in [5.41, 5.74) is 3.30. The van der Waals surface area contributed by atoms with Gasteiger partial charge in [0.1, 0.15) is 17.1 Å². The Labute approximate surface area is 148 Å². The number of hydrogen-bond acceptors (Lipinski definition) is 4. The molecule has 0 N–H and O–H groups in total. The Hall–Kier alpha value is -2.30. The molecule has 0 radical (unpaired) electrons. The lowest BCUT2D eigenvalue weighted by Gasteiger charge is -2.32. The number of hydrogen-bond donors (Lipinski definition) is 0. The lowest BCUT2D eigenvalue weighted by molar-refractivity contribution is 0.148. The molecule has 130 valence electrons. The normalized spacial score (nSPS) is 16.4. The van der Waals surface area contributed by atoms with Crippen LogP contribution in [0.25, 0.3) is 22.3 Å². The molecule has 2 heterocycles. The number of methoxy groups -OCH3 is 1. The molecule has 3 aromatic rings. The zero-order valence-corrected chi connectivity index (χ0v) is 14.9. The zero-order chi connectivity index (χ0) is 17.2. The molecular weight excluding hydrogens is 312 g/mol. The standard InChI is InChI=1S/C21H24N2O2/c1-22-10-12-23(13-11-22)15-19-18-14-17(24-2)8-9-20(18)25-21(19)16-6-4-3-5-7-16/h3-9,14H,10-13,15H2,1-2H3. The van der Waals surface area contributed by atoms with Gasteiger partial charge in [0.15, 0.2) is 0 Å². The third-order valence-electron chi connectivity index (χ3n) is 5.01. The Morgan fingerprint density at radius 1 is 1.00 bits per heavy atom. The largest absolute Gasteiger partial charge is 0.497 e. The first kappa shape index (κ1) is 16.2. The van der Waals surface area contributed by atoms with Gasteiger partial charge in [0.05, 0.1) is 7.11 Å². The smallest absolute Gasteiger partial charge is 0.139 e. The molecule has 1 aliphatic heterocycles. The molecule has 4 rings (SSSR count). The lowest BCUT2D eigenvalue weighted by atomic mass is 10.0. The van der Waals surface area contributed by atoms with Crippen molar-refractivity contribution in [1.29, 1.82) is 0 Å². The van der Waals surface area contributed by atoms with Crippen molar-refractivity contribution < 1.29 is 9.15 Å². The van der Waals surface area contributed by atoms with Crippen molar-refractivity contribution in [2.45, 2.75) is 6.54 Å². The highest BCUT2D eigenvalue weighted by atomic mass is 16.5. The van der Waals surface area contributed by atoms with E-state index >= 15 is 0 Å². The van der Waals surface area contributed by atoms with Gasteiger partial charge in [0.25, 0.3) is 0 Å². The van der Waals surface area contributed by atoms with Gasteiger partial charge in [-0.2, -0.15) is 0 Å². The van der Waals surface area contributed by atoms with E-state index in [0.29, 0.717) is 0 Å². The first-order chi connectivity index (χ1) is 12.2. The van der Waals surface area contributed by atoms with Gasteiger partial charge >= 0.3 is 0 Å². The van der Waals surface area contributed by atoms with E-state index in [2.05, 4.69) is 47.2 Å². The molecule has 1 aromatic heterocycles. The van der Waals surface area contributed by atoms with Crippen molar-refractivity contribution in [2.24, 2.45) is 0 Å². The van der Waals surface area contributed by atoms with Crippen molar-refractivity contribution in [3.63, 3.8) is 0 Å². The monoisotopic (exact) mass is 336 g/mol. The van der Waals surface area contributed by atoms with Gasteiger partial charge in [-0.1, -0.05) is 30.3 Å². The number of likely N-dealkylation sites (N-methyl/N-ethyl adjacent to an activating group) is 1. The summed E-state index contributed by atoms with van der Waals surface area (Å²) in [5, 5.41) is 1.15. The van der Waals surface area contributed by atoms with Gasteiger partial charge in [-0.05, 0) is 25.2 Å². The van der Waals surface area contributed by atoms with E-state index in [-0.39, 0.29) is 0 Å². The third-order valence-corrected chi connectivity index (χ3v) is 5.01. The average molecular weight is 336 g/mol. The molecule has 0 spiro atoms. The van der Waals surface area contributed by atoms with Crippen molar-refractivity contribution in [1.82, 2.24) is 9.80 Å². The third kappa shape index (κ3) is 3.28. The molecule has 4 heteroatoms. The number of benzene rings is 2. The molecule has 0 saturated carbocycles. The summed E-state index contributed by atoms with van der Waals surface area (Å²) in [7, 11) is 3.89. The molecule has 1 aliphatic rings. The SMILES string of the molecule is COc1ccc2oc(-c3ccccc3)c(CN3CCN(C)CC3)c2c1. The fourth-order valence-corrected chi connectivity index (χ4v) is 3.46. The first-order valence-corrected chi connectivity index (χ1v) is 8.80. The maximum Gasteiger partial charge on any atom is 0.139 e. The van der Waals surface area contributed by atoms with Gasteiger partial charge < -0.3 is 14.1 Å². The molecule has 0 atom stereocenters. The van der Waals surface area contributed by atoms with E-state index in [4.69, 9.17) is 9.15 Å². The Bertz CT molecular complexity index is 849. The second kappa shape index (κ2) is 6.90. The summed E-state index contributed by atoms with van der Waals surface area (Å²) in [6, 6.07) is 16.4. The minimum Gasteiger partial charge on any atom is -0.497 e. The van der Waals surface area contributed by atoms with Crippen LogP contribution in [0.1, 0.15) is 5.56 Å².